The Bertz CT molecular complexity index is 601. The van der Waals surface area contributed by atoms with Gasteiger partial charge in [0.15, 0.2) is 0 Å². The van der Waals surface area contributed by atoms with Crippen molar-refractivity contribution in [1.82, 2.24) is 0 Å². The number of benzene rings is 2. The second-order valence-corrected chi connectivity index (χ2v) is 5.88. The minimum absolute atomic E-state index is 0.0212. The van der Waals surface area contributed by atoms with E-state index in [-0.39, 0.29) is 17.4 Å². The third kappa shape index (κ3) is 4.03. The highest BCUT2D eigenvalue weighted by Crippen LogP contribution is 2.25. The van der Waals surface area contributed by atoms with Gasteiger partial charge in [-0.2, -0.15) is 0 Å². The number of hydrogen-bond donors (Lipinski definition) is 2. The summed E-state index contributed by atoms with van der Waals surface area (Å²) in [6.45, 7) is 1.86. The fraction of sp³-hybridized carbons (Fsp3) is 0.294. The molecule has 1 unspecified atom stereocenters. The van der Waals surface area contributed by atoms with Crippen molar-refractivity contribution >= 4 is 11.6 Å². The van der Waals surface area contributed by atoms with E-state index >= 15 is 0 Å². The Morgan fingerprint density at radius 2 is 1.86 bits per heavy atom. The van der Waals surface area contributed by atoms with Gasteiger partial charge < -0.3 is 10.8 Å². The van der Waals surface area contributed by atoms with Crippen molar-refractivity contribution in [2.24, 2.45) is 11.7 Å². The molecular weight excluding hydrogens is 289 g/mol. The number of nitrogens with two attached hydrogens (primary N) is 1. The molecule has 112 valence electrons. The first-order chi connectivity index (χ1) is 9.90. The van der Waals surface area contributed by atoms with Crippen LogP contribution in [0.4, 0.5) is 4.39 Å². The summed E-state index contributed by atoms with van der Waals surface area (Å²) in [5.41, 5.74) is 5.92. The van der Waals surface area contributed by atoms with E-state index in [9.17, 15) is 9.50 Å². The Labute approximate surface area is 129 Å². The summed E-state index contributed by atoms with van der Waals surface area (Å²) in [5, 5.41) is 10.5. The van der Waals surface area contributed by atoms with E-state index in [0.717, 1.165) is 5.56 Å². The molecule has 3 N–H and O–H groups in total. The van der Waals surface area contributed by atoms with Crippen LogP contribution in [0.15, 0.2) is 48.5 Å². The van der Waals surface area contributed by atoms with Gasteiger partial charge in [0.25, 0.3) is 0 Å². The van der Waals surface area contributed by atoms with E-state index in [1.54, 1.807) is 12.1 Å². The van der Waals surface area contributed by atoms with E-state index in [4.69, 9.17) is 17.3 Å². The normalized spacial score (nSPS) is 15.5. The van der Waals surface area contributed by atoms with Gasteiger partial charge in [0, 0.05) is 12.3 Å². The van der Waals surface area contributed by atoms with Gasteiger partial charge in [0.2, 0.25) is 0 Å². The molecule has 21 heavy (non-hydrogen) atoms. The fourth-order valence-electron chi connectivity index (χ4n) is 2.31. The van der Waals surface area contributed by atoms with Crippen LogP contribution in [0.2, 0.25) is 5.02 Å². The standard InChI is InChI=1S/C17H19ClFNO/c1-12(10-13-6-3-2-4-7-13)17(20,21)11-14-8-5-9-15(18)16(14)19/h2-9,12,21H,10-11,20H2,1H3/t12?,17-/m1/s1. The van der Waals surface area contributed by atoms with Crippen molar-refractivity contribution in [1.29, 1.82) is 0 Å². The number of hydrogen-bond acceptors (Lipinski definition) is 2. The smallest absolute Gasteiger partial charge is 0.145 e. The van der Waals surface area contributed by atoms with Crippen LogP contribution in [0.25, 0.3) is 0 Å². The van der Waals surface area contributed by atoms with Crippen molar-refractivity contribution in [3.63, 3.8) is 0 Å². The van der Waals surface area contributed by atoms with Gasteiger partial charge in [-0.05, 0) is 23.6 Å². The molecule has 0 bridgehead atoms. The van der Waals surface area contributed by atoms with Gasteiger partial charge in [-0.25, -0.2) is 4.39 Å². The van der Waals surface area contributed by atoms with E-state index in [0.29, 0.717) is 12.0 Å². The zero-order valence-electron chi connectivity index (χ0n) is 11.9. The second kappa shape index (κ2) is 6.56. The molecule has 0 radical (unpaired) electrons. The Morgan fingerprint density at radius 3 is 2.52 bits per heavy atom. The highest BCUT2D eigenvalue weighted by molar-refractivity contribution is 6.30. The van der Waals surface area contributed by atoms with Gasteiger partial charge in [-0.3, -0.25) is 0 Å². The maximum absolute atomic E-state index is 13.9. The molecule has 4 heteroatoms. The van der Waals surface area contributed by atoms with Gasteiger partial charge in [0.1, 0.15) is 11.5 Å². The molecule has 2 nitrogen and oxygen atoms in total. The molecule has 0 saturated carbocycles. The molecule has 0 spiro atoms. The first kappa shape index (κ1) is 16.0. The summed E-state index contributed by atoms with van der Waals surface area (Å²) in [6, 6.07) is 14.5. The largest absolute Gasteiger partial charge is 0.375 e. The summed E-state index contributed by atoms with van der Waals surface area (Å²) in [7, 11) is 0. The summed E-state index contributed by atoms with van der Waals surface area (Å²) >= 11 is 5.75. The maximum Gasteiger partial charge on any atom is 0.145 e. The molecule has 2 aromatic rings. The molecule has 0 aliphatic heterocycles. The quantitative estimate of drug-likeness (QED) is 0.830. The highest BCUT2D eigenvalue weighted by Gasteiger charge is 2.30. The van der Waals surface area contributed by atoms with Crippen molar-refractivity contribution < 1.29 is 9.50 Å². The summed E-state index contributed by atoms with van der Waals surface area (Å²) in [4.78, 5) is 0. The monoisotopic (exact) mass is 307 g/mol. The van der Waals surface area contributed by atoms with E-state index in [1.165, 1.54) is 6.07 Å². The van der Waals surface area contributed by atoms with Crippen LogP contribution in [-0.2, 0) is 12.8 Å². The van der Waals surface area contributed by atoms with Crippen LogP contribution in [0.1, 0.15) is 18.1 Å². The molecular formula is C17H19ClFNO. The average Bonchev–Trinajstić information content (AvgIpc) is 2.45. The van der Waals surface area contributed by atoms with Gasteiger partial charge in [-0.1, -0.05) is 61.0 Å². The van der Waals surface area contributed by atoms with E-state index in [2.05, 4.69) is 0 Å². The number of rotatable bonds is 5. The second-order valence-electron chi connectivity index (χ2n) is 5.47. The lowest BCUT2D eigenvalue weighted by molar-refractivity contribution is -0.00625. The average molecular weight is 308 g/mol. The molecule has 0 amide bonds. The summed E-state index contributed by atoms with van der Waals surface area (Å²) in [5.74, 6) is -0.742. The maximum atomic E-state index is 13.9. The minimum atomic E-state index is -1.50. The van der Waals surface area contributed by atoms with Gasteiger partial charge >= 0.3 is 0 Å². The Morgan fingerprint density at radius 1 is 1.19 bits per heavy atom. The van der Waals surface area contributed by atoms with Crippen LogP contribution in [-0.4, -0.2) is 10.8 Å². The molecule has 0 aliphatic rings. The first-order valence-electron chi connectivity index (χ1n) is 6.88. The highest BCUT2D eigenvalue weighted by atomic mass is 35.5. The SMILES string of the molecule is CC(Cc1ccccc1)[C@](N)(O)Cc1cccc(Cl)c1F. The number of halogens is 2. The molecule has 2 rings (SSSR count). The van der Waals surface area contributed by atoms with E-state index < -0.39 is 11.5 Å². The lowest BCUT2D eigenvalue weighted by atomic mass is 9.87. The fourth-order valence-corrected chi connectivity index (χ4v) is 2.50. The molecule has 0 fully saturated rings. The van der Waals surface area contributed by atoms with Crippen LogP contribution < -0.4 is 5.73 Å². The predicted molar refractivity (Wildman–Crippen MR) is 83.6 cm³/mol. The van der Waals surface area contributed by atoms with Crippen LogP contribution in [0.5, 0.6) is 0 Å². The summed E-state index contributed by atoms with van der Waals surface area (Å²) in [6.07, 6.45) is 0.642. The molecule has 2 aromatic carbocycles. The summed E-state index contributed by atoms with van der Waals surface area (Å²) < 4.78 is 13.9. The predicted octanol–water partition coefficient (Wildman–Crippen LogP) is 3.55. The third-order valence-corrected chi connectivity index (χ3v) is 4.04. The van der Waals surface area contributed by atoms with E-state index in [1.807, 2.05) is 37.3 Å². The van der Waals surface area contributed by atoms with Crippen LogP contribution in [0.3, 0.4) is 0 Å². The molecule has 2 atom stereocenters. The molecule has 0 saturated heterocycles. The molecule has 0 aliphatic carbocycles. The Kier molecular flexibility index (Phi) is 4.99. The van der Waals surface area contributed by atoms with Gasteiger partial charge in [-0.15, -0.1) is 0 Å². The van der Waals surface area contributed by atoms with Crippen LogP contribution in [0, 0.1) is 11.7 Å². The Hall–Kier alpha value is -1.42. The van der Waals surface area contributed by atoms with Gasteiger partial charge in [0.05, 0.1) is 5.02 Å². The topological polar surface area (TPSA) is 46.2 Å². The number of aliphatic hydroxyl groups is 1. The van der Waals surface area contributed by atoms with Crippen LogP contribution >= 0.6 is 11.6 Å². The molecule has 0 heterocycles. The van der Waals surface area contributed by atoms with Crippen molar-refractivity contribution in [2.45, 2.75) is 25.5 Å². The zero-order chi connectivity index (χ0) is 15.5. The zero-order valence-corrected chi connectivity index (χ0v) is 12.6. The lowest BCUT2D eigenvalue weighted by Crippen LogP contribution is -2.49. The van der Waals surface area contributed by atoms with Crippen molar-refractivity contribution in [3.05, 3.63) is 70.5 Å². The van der Waals surface area contributed by atoms with Crippen molar-refractivity contribution in [3.8, 4) is 0 Å². The lowest BCUT2D eigenvalue weighted by Gasteiger charge is -2.30. The van der Waals surface area contributed by atoms with Crippen molar-refractivity contribution in [2.75, 3.05) is 0 Å². The third-order valence-electron chi connectivity index (χ3n) is 3.74. The Balaban J connectivity index is 2.12. The first-order valence-corrected chi connectivity index (χ1v) is 7.26. The minimum Gasteiger partial charge on any atom is -0.375 e. The molecule has 0 aromatic heterocycles.